The molecule has 1 atom stereocenters. The lowest BCUT2D eigenvalue weighted by Crippen LogP contribution is -2.30. The van der Waals surface area contributed by atoms with Gasteiger partial charge in [0.1, 0.15) is 17.2 Å². The molecule has 7 heteroatoms. The number of hydrogen-bond donors (Lipinski definition) is 2. The number of pyridine rings is 1. The molecule has 2 aromatic heterocycles. The predicted octanol–water partition coefficient (Wildman–Crippen LogP) is 6.43. The summed E-state index contributed by atoms with van der Waals surface area (Å²) in [6.45, 7) is 3.63. The molecule has 200 valence electrons. The number of nitrogens with zero attached hydrogens (tertiary/aromatic N) is 2. The molecule has 1 amide bonds. The van der Waals surface area contributed by atoms with Gasteiger partial charge in [0.15, 0.2) is 0 Å². The molecule has 39 heavy (non-hydrogen) atoms. The first kappa shape index (κ1) is 25.7. The summed E-state index contributed by atoms with van der Waals surface area (Å²) in [6.07, 6.45) is 11.7. The van der Waals surface area contributed by atoms with E-state index in [9.17, 15) is 9.90 Å². The number of fused-ring (bicyclic) bond motifs is 2. The lowest BCUT2D eigenvalue weighted by molar-refractivity contribution is 0.0783. The lowest BCUT2D eigenvalue weighted by Gasteiger charge is -2.23. The van der Waals surface area contributed by atoms with Gasteiger partial charge in [0.25, 0.3) is 0 Å². The van der Waals surface area contributed by atoms with Crippen LogP contribution in [0.15, 0.2) is 61.1 Å². The van der Waals surface area contributed by atoms with Crippen LogP contribution in [0.25, 0.3) is 11.1 Å². The summed E-state index contributed by atoms with van der Waals surface area (Å²) in [5, 5.41) is 14.3. The van der Waals surface area contributed by atoms with Crippen LogP contribution < -0.4 is 5.32 Å². The topological polar surface area (TPSA) is 84.3 Å². The predicted molar refractivity (Wildman–Crippen MR) is 153 cm³/mol. The summed E-state index contributed by atoms with van der Waals surface area (Å²) in [5.41, 5.74) is 8.92. The third-order valence-electron chi connectivity index (χ3n) is 7.71. The molecule has 2 heterocycles. The zero-order chi connectivity index (χ0) is 27.0. The van der Waals surface area contributed by atoms with Crippen LogP contribution in [0.5, 0.6) is 0 Å². The molecule has 2 aliphatic carbocycles. The molecular weight excluding hydrogens is 506 g/mol. The van der Waals surface area contributed by atoms with Gasteiger partial charge in [-0.1, -0.05) is 36.4 Å². The molecule has 2 aliphatic rings. The van der Waals surface area contributed by atoms with Crippen LogP contribution in [0.4, 0.5) is 4.79 Å². The number of benzene rings is 2. The Labute approximate surface area is 233 Å². The van der Waals surface area contributed by atoms with E-state index in [4.69, 9.17) is 4.74 Å². The van der Waals surface area contributed by atoms with E-state index in [0.29, 0.717) is 5.01 Å². The molecule has 4 aromatic rings. The van der Waals surface area contributed by atoms with E-state index < -0.39 is 17.7 Å². The SMILES string of the molecule is CC(C)(O)c1ncc(C(NC(=O)OCc2ccccc2)c2ccncc2-c2c3c(cc4c2CCC4)CCC3)s1. The first-order valence-electron chi connectivity index (χ1n) is 13.6. The summed E-state index contributed by atoms with van der Waals surface area (Å²) in [6, 6.07) is 13.6. The number of thiazole rings is 1. The number of alkyl carbamates (subject to hydrolysis) is 1. The largest absolute Gasteiger partial charge is 0.445 e. The third-order valence-corrected chi connectivity index (χ3v) is 9.09. The van der Waals surface area contributed by atoms with E-state index in [2.05, 4.69) is 21.4 Å². The number of hydrogen-bond acceptors (Lipinski definition) is 6. The van der Waals surface area contributed by atoms with Gasteiger partial charge in [-0.15, -0.1) is 11.3 Å². The summed E-state index contributed by atoms with van der Waals surface area (Å²) < 4.78 is 5.64. The monoisotopic (exact) mass is 539 g/mol. The van der Waals surface area contributed by atoms with Gasteiger partial charge in [-0.3, -0.25) is 4.98 Å². The van der Waals surface area contributed by atoms with Gasteiger partial charge < -0.3 is 15.2 Å². The van der Waals surface area contributed by atoms with Crippen LogP contribution in [0.2, 0.25) is 0 Å². The number of carbonyl (C=O) groups is 1. The van der Waals surface area contributed by atoms with E-state index in [1.165, 1.54) is 39.2 Å². The van der Waals surface area contributed by atoms with Crippen LogP contribution in [0.3, 0.4) is 0 Å². The first-order valence-corrected chi connectivity index (χ1v) is 14.5. The van der Waals surface area contributed by atoms with E-state index in [1.54, 1.807) is 26.2 Å². The van der Waals surface area contributed by atoms with Gasteiger partial charge in [0.05, 0.1) is 10.9 Å². The maximum Gasteiger partial charge on any atom is 0.408 e. The smallest absolute Gasteiger partial charge is 0.408 e. The van der Waals surface area contributed by atoms with E-state index in [0.717, 1.165) is 60.1 Å². The molecule has 1 unspecified atom stereocenters. The van der Waals surface area contributed by atoms with Crippen LogP contribution >= 0.6 is 11.3 Å². The summed E-state index contributed by atoms with van der Waals surface area (Å²) >= 11 is 1.40. The first-order chi connectivity index (χ1) is 18.9. The molecule has 0 saturated heterocycles. The second-order valence-corrected chi connectivity index (χ2v) is 12.0. The minimum Gasteiger partial charge on any atom is -0.445 e. The third kappa shape index (κ3) is 5.21. The minimum atomic E-state index is -1.08. The van der Waals surface area contributed by atoms with E-state index >= 15 is 0 Å². The fourth-order valence-electron chi connectivity index (χ4n) is 5.89. The Morgan fingerprint density at radius 3 is 2.44 bits per heavy atom. The Morgan fingerprint density at radius 1 is 1.05 bits per heavy atom. The standard InChI is InChI=1S/C32H33N3O3S/c1-32(2,37)30-34-18-27(39-30)29(35-31(36)38-19-20-8-4-3-5-9-20)25-14-15-33-17-26(25)28-23-12-6-10-21(23)16-22-11-7-13-24(22)28/h3-5,8-9,14-18,29,37H,6-7,10-13,19H2,1-2H3,(H,35,36). The van der Waals surface area contributed by atoms with E-state index in [-0.39, 0.29) is 6.61 Å². The van der Waals surface area contributed by atoms with Crippen LogP contribution in [0.1, 0.15) is 76.0 Å². The number of nitrogens with one attached hydrogen (secondary N) is 1. The molecular formula is C32H33N3O3S. The summed E-state index contributed by atoms with van der Waals surface area (Å²) in [5.74, 6) is 0. The maximum absolute atomic E-state index is 13.2. The van der Waals surface area contributed by atoms with Crippen molar-refractivity contribution in [1.82, 2.24) is 15.3 Å². The van der Waals surface area contributed by atoms with Crippen molar-refractivity contribution in [2.45, 2.75) is 70.6 Å². The summed E-state index contributed by atoms with van der Waals surface area (Å²) in [7, 11) is 0. The summed E-state index contributed by atoms with van der Waals surface area (Å²) in [4.78, 5) is 23.1. The fourth-order valence-corrected chi connectivity index (χ4v) is 6.88. The number of aromatic nitrogens is 2. The average molecular weight is 540 g/mol. The second-order valence-electron chi connectivity index (χ2n) is 11.0. The van der Waals surface area contributed by atoms with Gasteiger partial charge in [0, 0.05) is 24.2 Å². The van der Waals surface area contributed by atoms with Gasteiger partial charge in [-0.05, 0) is 97.4 Å². The average Bonchev–Trinajstić information content (AvgIpc) is 3.70. The molecule has 0 saturated carbocycles. The molecule has 0 spiro atoms. The molecule has 0 fully saturated rings. The Bertz CT molecular complexity index is 1470. The van der Waals surface area contributed by atoms with Crippen molar-refractivity contribution in [3.8, 4) is 11.1 Å². The van der Waals surface area contributed by atoms with Crippen molar-refractivity contribution < 1.29 is 14.6 Å². The highest BCUT2D eigenvalue weighted by atomic mass is 32.1. The minimum absolute atomic E-state index is 0.180. The Balaban J connectivity index is 1.42. The lowest BCUT2D eigenvalue weighted by atomic mass is 9.86. The number of ether oxygens (including phenoxy) is 1. The van der Waals surface area contributed by atoms with Crippen molar-refractivity contribution in [2.75, 3.05) is 0 Å². The highest BCUT2D eigenvalue weighted by molar-refractivity contribution is 7.11. The van der Waals surface area contributed by atoms with Gasteiger partial charge in [-0.25, -0.2) is 9.78 Å². The van der Waals surface area contributed by atoms with Crippen LogP contribution in [-0.2, 0) is 42.6 Å². The van der Waals surface area contributed by atoms with Crippen molar-refractivity contribution >= 4 is 17.4 Å². The van der Waals surface area contributed by atoms with Gasteiger partial charge in [-0.2, -0.15) is 0 Å². The number of amides is 1. The molecule has 6 rings (SSSR count). The number of carbonyl (C=O) groups excluding carboxylic acids is 1. The maximum atomic E-state index is 13.2. The number of aliphatic hydroxyl groups is 1. The van der Waals surface area contributed by atoms with Gasteiger partial charge in [0.2, 0.25) is 0 Å². The van der Waals surface area contributed by atoms with E-state index in [1.807, 2.05) is 42.6 Å². The molecule has 0 bridgehead atoms. The molecule has 0 aliphatic heterocycles. The Hall–Kier alpha value is -3.55. The quantitative estimate of drug-likeness (QED) is 0.283. The highest BCUT2D eigenvalue weighted by Crippen LogP contribution is 2.44. The Morgan fingerprint density at radius 2 is 1.77 bits per heavy atom. The normalized spacial score (nSPS) is 15.1. The van der Waals surface area contributed by atoms with Crippen molar-refractivity contribution in [2.24, 2.45) is 0 Å². The van der Waals surface area contributed by atoms with Crippen LogP contribution in [-0.4, -0.2) is 21.2 Å². The number of rotatable bonds is 7. The Kier molecular flexibility index (Phi) is 6.95. The molecule has 6 nitrogen and oxygen atoms in total. The zero-order valence-corrected chi connectivity index (χ0v) is 23.2. The molecule has 2 aromatic carbocycles. The van der Waals surface area contributed by atoms with Gasteiger partial charge >= 0.3 is 6.09 Å². The van der Waals surface area contributed by atoms with Crippen LogP contribution in [0, 0.1) is 0 Å². The highest BCUT2D eigenvalue weighted by Gasteiger charge is 2.31. The fraction of sp³-hybridized carbons (Fsp3) is 0.344. The van der Waals surface area contributed by atoms with Crippen molar-refractivity contribution in [3.63, 3.8) is 0 Å². The second kappa shape index (κ2) is 10.5. The van der Waals surface area contributed by atoms with Crippen molar-refractivity contribution in [1.29, 1.82) is 0 Å². The molecule has 2 N–H and O–H groups in total. The zero-order valence-electron chi connectivity index (χ0n) is 22.4. The number of aryl methyl sites for hydroxylation is 2. The molecule has 0 radical (unpaired) electrons. The van der Waals surface area contributed by atoms with Crippen molar-refractivity contribution in [3.05, 3.63) is 104 Å².